The number of halogens is 6. The number of benzene rings is 4. The van der Waals surface area contributed by atoms with Crippen molar-refractivity contribution in [2.75, 3.05) is 11.1 Å². The second-order valence-corrected chi connectivity index (χ2v) is 15.1. The maximum atomic E-state index is 11.0. The number of aromatic hydroxyl groups is 2. The Morgan fingerprint density at radius 1 is 0.610 bits per heavy atom. The molecule has 9 nitrogen and oxygen atoms in total. The van der Waals surface area contributed by atoms with E-state index < -0.39 is 6.04 Å². The average molecular weight is 908 g/mol. The molecule has 0 saturated carbocycles. The van der Waals surface area contributed by atoms with Gasteiger partial charge in [-0.3, -0.25) is 14.8 Å². The predicted molar refractivity (Wildman–Crippen MR) is 243 cm³/mol. The van der Waals surface area contributed by atoms with Crippen LogP contribution in [0.5, 0.6) is 11.5 Å². The number of carbonyl (C=O) groups excluding carboxylic acids is 1. The van der Waals surface area contributed by atoms with Crippen LogP contribution in [0.4, 0.5) is 11.6 Å². The number of nitrogens with zero attached hydrogens (tertiary/aromatic N) is 4. The van der Waals surface area contributed by atoms with Gasteiger partial charge in [-0.05, 0) is 91.7 Å². The van der Waals surface area contributed by atoms with Crippen LogP contribution in [-0.4, -0.2) is 36.4 Å². The normalized spacial score (nSPS) is 10.9. The zero-order valence-electron chi connectivity index (χ0n) is 31.2. The number of anilines is 2. The first-order chi connectivity index (χ1) is 28.2. The molecule has 5 N–H and O–H groups in total. The Morgan fingerprint density at radius 3 is 1.81 bits per heavy atom. The molecular formula is C44H34Cl6N6O3. The van der Waals surface area contributed by atoms with Crippen LogP contribution in [0.1, 0.15) is 38.7 Å². The molecule has 0 aliphatic carbocycles. The number of para-hydroxylation sites is 1. The number of carbonyl (C=O) groups is 1. The maximum absolute atomic E-state index is 11.0. The number of rotatable bonds is 5. The largest absolute Gasteiger partial charge is 0.506 e. The maximum Gasteiger partial charge on any atom is 0.151 e. The fraction of sp³-hybridized carbons (Fsp3) is 0.0682. The van der Waals surface area contributed by atoms with Gasteiger partial charge in [-0.25, -0.2) is 9.97 Å². The Balaban J connectivity index is 0.000000179. The van der Waals surface area contributed by atoms with E-state index in [9.17, 15) is 15.0 Å². The lowest BCUT2D eigenvalue weighted by molar-refractivity contribution is 0.112. The van der Waals surface area contributed by atoms with Crippen molar-refractivity contribution in [2.24, 2.45) is 0 Å². The van der Waals surface area contributed by atoms with Crippen LogP contribution in [0.2, 0.25) is 30.1 Å². The first-order valence-electron chi connectivity index (χ1n) is 17.5. The van der Waals surface area contributed by atoms with Crippen molar-refractivity contribution in [3.05, 3.63) is 186 Å². The van der Waals surface area contributed by atoms with Gasteiger partial charge in [0.05, 0.1) is 26.1 Å². The number of pyridine rings is 4. The van der Waals surface area contributed by atoms with Crippen molar-refractivity contribution in [3.63, 3.8) is 0 Å². The minimum absolute atomic E-state index is 0.0559. The molecule has 0 aliphatic heterocycles. The first kappa shape index (κ1) is 44.7. The molecule has 0 aliphatic rings. The summed E-state index contributed by atoms with van der Waals surface area (Å²) in [4.78, 5) is 26.9. The Kier molecular flexibility index (Phi) is 15.9. The van der Waals surface area contributed by atoms with Crippen LogP contribution < -0.4 is 11.1 Å². The molecule has 0 amide bonds. The number of phenols is 2. The van der Waals surface area contributed by atoms with Crippen LogP contribution in [0.15, 0.2) is 128 Å². The second kappa shape index (κ2) is 21.0. The number of nitrogens with one attached hydrogen (secondary N) is 1. The standard InChI is InChI=1S/C22H16Cl3N3O.C9H7NO.C7H3Cl3O.C6H8N2/c1-12-6-8-26-18(9-12)28-21(16-10-14(23)11-17(24)19(16)25)15-5-4-13-3-2-7-27-20(13)22(15)29;11-8-5-1-3-7-4-2-6-10-9(7)8;8-5-1-4(3-11)7(10)6(9)2-5;1-5-2-3-8-6(7)4-5/h2-11,21,29H,1H3,(H,26,28);1-6,11H;1-3H;2-4H,1H3,(H2,7,8). The average Bonchev–Trinajstić information content (AvgIpc) is 3.21. The smallest absolute Gasteiger partial charge is 0.151 e. The summed E-state index contributed by atoms with van der Waals surface area (Å²) < 4.78 is 0. The van der Waals surface area contributed by atoms with Gasteiger partial charge >= 0.3 is 0 Å². The van der Waals surface area contributed by atoms with Gasteiger partial charge in [0.1, 0.15) is 34.2 Å². The quantitative estimate of drug-likeness (QED) is 0.0978. The number of phenolic OH excluding ortho intramolecular Hbond substituents is 2. The van der Waals surface area contributed by atoms with Gasteiger partial charge in [0, 0.05) is 62.3 Å². The zero-order valence-corrected chi connectivity index (χ0v) is 35.8. The van der Waals surface area contributed by atoms with E-state index >= 15 is 0 Å². The van der Waals surface area contributed by atoms with E-state index in [-0.39, 0.29) is 16.5 Å². The minimum Gasteiger partial charge on any atom is -0.506 e. The van der Waals surface area contributed by atoms with Crippen molar-refractivity contribution in [3.8, 4) is 11.5 Å². The van der Waals surface area contributed by atoms with Gasteiger partial charge in [0.25, 0.3) is 0 Å². The lowest BCUT2D eigenvalue weighted by atomic mass is 9.96. The van der Waals surface area contributed by atoms with Crippen LogP contribution in [-0.2, 0) is 0 Å². The Labute approximate surface area is 370 Å². The van der Waals surface area contributed by atoms with Crippen molar-refractivity contribution >= 4 is 109 Å². The third kappa shape index (κ3) is 12.1. The highest BCUT2D eigenvalue weighted by molar-refractivity contribution is 6.45. The topological polar surface area (TPSA) is 147 Å². The summed E-state index contributed by atoms with van der Waals surface area (Å²) in [5, 5.41) is 27.5. The highest BCUT2D eigenvalue weighted by Gasteiger charge is 2.24. The summed E-state index contributed by atoms with van der Waals surface area (Å²) in [5.74, 6) is 1.51. The SMILES string of the molecule is Cc1ccnc(N)c1.Cc1ccnc(NC(c2cc(Cl)cc(Cl)c2Cl)c2ccc3cccnc3c2O)c1.O=Cc1cc(Cl)cc(Cl)c1Cl.Oc1cccc2cccnc12. The number of nitrogens with two attached hydrogens (primary N) is 1. The monoisotopic (exact) mass is 904 g/mol. The molecule has 0 fully saturated rings. The molecule has 1 atom stereocenters. The van der Waals surface area contributed by atoms with Gasteiger partial charge < -0.3 is 21.3 Å². The third-order valence-electron chi connectivity index (χ3n) is 8.33. The molecule has 8 aromatic rings. The lowest BCUT2D eigenvalue weighted by Crippen LogP contribution is -2.14. The molecule has 4 aromatic carbocycles. The second-order valence-electron chi connectivity index (χ2n) is 12.7. The fourth-order valence-corrected chi connectivity index (χ4v) is 6.95. The Morgan fingerprint density at radius 2 is 1.20 bits per heavy atom. The molecule has 4 heterocycles. The van der Waals surface area contributed by atoms with Crippen LogP contribution in [0.3, 0.4) is 0 Å². The predicted octanol–water partition coefficient (Wildman–Crippen LogP) is 13.2. The van der Waals surface area contributed by atoms with E-state index in [1.54, 1.807) is 49.1 Å². The summed E-state index contributed by atoms with van der Waals surface area (Å²) in [6, 6.07) is 29.8. The number of aromatic nitrogens is 4. The van der Waals surface area contributed by atoms with E-state index in [1.807, 2.05) is 80.6 Å². The number of aryl methyl sites for hydroxylation is 2. The van der Waals surface area contributed by atoms with E-state index in [4.69, 9.17) is 75.3 Å². The van der Waals surface area contributed by atoms with E-state index in [2.05, 4.69) is 25.3 Å². The first-order valence-corrected chi connectivity index (χ1v) is 19.7. The van der Waals surface area contributed by atoms with E-state index in [0.29, 0.717) is 70.8 Å². The lowest BCUT2D eigenvalue weighted by Gasteiger charge is -2.23. The van der Waals surface area contributed by atoms with E-state index in [0.717, 1.165) is 21.9 Å². The van der Waals surface area contributed by atoms with Gasteiger partial charge in [-0.1, -0.05) is 106 Å². The molecule has 0 spiro atoms. The minimum atomic E-state index is -0.556. The fourth-order valence-electron chi connectivity index (χ4n) is 5.56. The zero-order chi connectivity index (χ0) is 42.6. The summed E-state index contributed by atoms with van der Waals surface area (Å²) in [7, 11) is 0. The molecular weight excluding hydrogens is 873 g/mol. The van der Waals surface area contributed by atoms with Crippen molar-refractivity contribution in [2.45, 2.75) is 19.9 Å². The summed E-state index contributed by atoms with van der Waals surface area (Å²) >= 11 is 35.9. The molecule has 0 saturated heterocycles. The molecule has 15 heteroatoms. The van der Waals surface area contributed by atoms with Gasteiger partial charge in [0.2, 0.25) is 0 Å². The van der Waals surface area contributed by atoms with Gasteiger partial charge in [-0.2, -0.15) is 0 Å². The number of nitrogen functional groups attached to an aromatic ring is 1. The molecule has 4 aromatic heterocycles. The molecule has 8 rings (SSSR count). The third-order valence-corrected chi connectivity index (χ3v) is 10.4. The molecule has 0 bridgehead atoms. The van der Waals surface area contributed by atoms with E-state index in [1.165, 1.54) is 12.1 Å². The van der Waals surface area contributed by atoms with Gasteiger partial charge in [0.15, 0.2) is 6.29 Å². The van der Waals surface area contributed by atoms with Crippen molar-refractivity contribution in [1.29, 1.82) is 0 Å². The summed E-state index contributed by atoms with van der Waals surface area (Å²) in [5.41, 5.74) is 10.2. The Bertz CT molecular complexity index is 2720. The van der Waals surface area contributed by atoms with Gasteiger partial charge in [-0.15, -0.1) is 0 Å². The highest BCUT2D eigenvalue weighted by atomic mass is 35.5. The molecule has 0 radical (unpaired) electrons. The summed E-state index contributed by atoms with van der Waals surface area (Å²) in [6.07, 6.45) is 7.33. The molecule has 300 valence electrons. The molecule has 59 heavy (non-hydrogen) atoms. The van der Waals surface area contributed by atoms with Crippen LogP contribution in [0.25, 0.3) is 21.8 Å². The number of hydrogen-bond acceptors (Lipinski definition) is 9. The van der Waals surface area contributed by atoms with Crippen LogP contribution in [0, 0.1) is 13.8 Å². The number of hydrogen-bond donors (Lipinski definition) is 4. The Hall–Kier alpha value is -5.39. The number of aldehydes is 1. The number of fused-ring (bicyclic) bond motifs is 2. The van der Waals surface area contributed by atoms with Crippen molar-refractivity contribution < 1.29 is 15.0 Å². The van der Waals surface area contributed by atoms with Crippen LogP contribution >= 0.6 is 69.6 Å². The molecule has 1 unspecified atom stereocenters. The highest BCUT2D eigenvalue weighted by Crippen LogP contribution is 2.41. The summed E-state index contributed by atoms with van der Waals surface area (Å²) in [6.45, 7) is 3.96. The van der Waals surface area contributed by atoms with Crippen molar-refractivity contribution in [1.82, 2.24) is 19.9 Å².